The third kappa shape index (κ3) is 4.12. The third-order valence-corrected chi connectivity index (χ3v) is 10.5. The number of carbonyl (C=O) groups excluding carboxylic acids is 2. The molecule has 5 aliphatic rings. The van der Waals surface area contributed by atoms with E-state index in [1.54, 1.807) is 13.8 Å². The Bertz CT molecular complexity index is 1350. The number of para-hydroxylation sites is 2. The minimum absolute atomic E-state index is 0.0209. The van der Waals surface area contributed by atoms with Gasteiger partial charge < -0.3 is 9.88 Å². The van der Waals surface area contributed by atoms with E-state index in [2.05, 4.69) is 22.1 Å². The molecule has 3 amide bonds. The summed E-state index contributed by atoms with van der Waals surface area (Å²) < 4.78 is 1.88. The van der Waals surface area contributed by atoms with Crippen LogP contribution in [0.5, 0.6) is 0 Å². The number of hydrogen-bond acceptors (Lipinski definition) is 5. The summed E-state index contributed by atoms with van der Waals surface area (Å²) in [5.41, 5.74) is 0.0160. The molecule has 5 fully saturated rings. The van der Waals surface area contributed by atoms with E-state index in [0.29, 0.717) is 23.6 Å². The predicted octanol–water partition coefficient (Wildman–Crippen LogP) is 5.00. The summed E-state index contributed by atoms with van der Waals surface area (Å²) in [7, 11) is 0. The Labute approximate surface area is 230 Å². The van der Waals surface area contributed by atoms with E-state index in [1.807, 2.05) is 28.8 Å². The van der Waals surface area contributed by atoms with E-state index in [-0.39, 0.29) is 17.4 Å². The van der Waals surface area contributed by atoms with Crippen molar-refractivity contribution in [2.24, 2.45) is 17.8 Å². The summed E-state index contributed by atoms with van der Waals surface area (Å²) in [6, 6.07) is 8.71. The van der Waals surface area contributed by atoms with E-state index in [0.717, 1.165) is 41.0 Å². The largest absolute Gasteiger partial charge is 0.331 e. The number of fused-ring (bicyclic) bond motifs is 5. The standard InChI is InChI=1S/C31H41N5O3/c1-18-11-19-13-20(12-18)15-23(14-19)34-21-7-6-8-22(34)17-24(16-21)35-26-10-5-4-9-25(26)32-27(28(35)37)36-29(38)31(2,3)33-30(36)39/h4-5,9-10,18-24H,6-8,11-17H2,1-3H3,(H,33,39)/t18?,19-,20-,21-,22-,23?/m0/s1. The zero-order valence-electron chi connectivity index (χ0n) is 23.4. The second-order valence-electron chi connectivity index (χ2n) is 13.8. The van der Waals surface area contributed by atoms with Crippen LogP contribution < -0.4 is 15.8 Å². The number of rotatable bonds is 3. The molecule has 0 spiro atoms. The molecule has 2 aromatic rings. The maximum Gasteiger partial charge on any atom is 0.331 e. The van der Waals surface area contributed by atoms with Crippen molar-refractivity contribution in [3.63, 3.8) is 0 Å². The molecule has 1 aromatic carbocycles. The van der Waals surface area contributed by atoms with Gasteiger partial charge in [0, 0.05) is 24.2 Å². The van der Waals surface area contributed by atoms with Crippen LogP contribution in [0.25, 0.3) is 11.0 Å². The highest BCUT2D eigenvalue weighted by Gasteiger charge is 2.49. The highest BCUT2D eigenvalue weighted by Crippen LogP contribution is 2.48. The van der Waals surface area contributed by atoms with E-state index in [9.17, 15) is 14.4 Å². The lowest BCUT2D eigenvalue weighted by atomic mass is 9.65. The maximum atomic E-state index is 14.2. The number of nitrogens with zero attached hydrogens (tertiary/aromatic N) is 4. The quantitative estimate of drug-likeness (QED) is 0.563. The van der Waals surface area contributed by atoms with Gasteiger partial charge in [-0.3, -0.25) is 14.5 Å². The van der Waals surface area contributed by atoms with Crippen molar-refractivity contribution in [3.8, 4) is 0 Å². The van der Waals surface area contributed by atoms with Gasteiger partial charge >= 0.3 is 6.03 Å². The normalized spacial score (nSPS) is 36.3. The number of imide groups is 1. The number of anilines is 1. The van der Waals surface area contributed by atoms with Crippen molar-refractivity contribution in [2.45, 2.75) is 115 Å². The van der Waals surface area contributed by atoms with Gasteiger partial charge in [-0.15, -0.1) is 0 Å². The summed E-state index contributed by atoms with van der Waals surface area (Å²) in [5.74, 6) is 2.10. The Morgan fingerprint density at radius 3 is 2.15 bits per heavy atom. The van der Waals surface area contributed by atoms with Gasteiger partial charge in [0.2, 0.25) is 5.82 Å². The van der Waals surface area contributed by atoms with Crippen LogP contribution in [0.1, 0.15) is 91.0 Å². The third-order valence-electron chi connectivity index (χ3n) is 10.5. The lowest BCUT2D eigenvalue weighted by Crippen LogP contribution is -2.59. The molecule has 39 heavy (non-hydrogen) atoms. The molecule has 0 unspecified atom stereocenters. The van der Waals surface area contributed by atoms with Crippen LogP contribution in [-0.4, -0.2) is 50.1 Å². The highest BCUT2D eigenvalue weighted by molar-refractivity contribution is 6.22. The van der Waals surface area contributed by atoms with Gasteiger partial charge in [0.15, 0.2) is 0 Å². The first-order valence-electron chi connectivity index (χ1n) is 15.1. The lowest BCUT2D eigenvalue weighted by Gasteiger charge is -2.55. The molecular formula is C31H41N5O3. The van der Waals surface area contributed by atoms with Gasteiger partial charge in [0.25, 0.3) is 11.5 Å². The Balaban J connectivity index is 1.24. The van der Waals surface area contributed by atoms with Crippen LogP contribution >= 0.6 is 0 Å². The molecule has 4 heterocycles. The van der Waals surface area contributed by atoms with Crippen molar-refractivity contribution < 1.29 is 9.59 Å². The van der Waals surface area contributed by atoms with Crippen molar-refractivity contribution in [1.82, 2.24) is 19.8 Å². The van der Waals surface area contributed by atoms with Gasteiger partial charge in [-0.05, 0) is 102 Å². The average Bonchev–Trinajstić information content (AvgIpc) is 3.08. The summed E-state index contributed by atoms with van der Waals surface area (Å²) in [6.07, 6.45) is 12.3. The van der Waals surface area contributed by atoms with E-state index >= 15 is 0 Å². The summed E-state index contributed by atoms with van der Waals surface area (Å²) in [5, 5.41) is 2.70. The molecule has 4 atom stereocenters. The molecule has 8 heteroatoms. The molecule has 7 rings (SSSR count). The molecule has 3 saturated heterocycles. The van der Waals surface area contributed by atoms with Gasteiger partial charge in [0.1, 0.15) is 5.54 Å². The summed E-state index contributed by atoms with van der Waals surface area (Å²) in [6.45, 7) is 5.75. The first kappa shape index (κ1) is 25.2. The van der Waals surface area contributed by atoms with Gasteiger partial charge in [-0.2, -0.15) is 0 Å². The fourth-order valence-electron chi connectivity index (χ4n) is 9.18. The molecular weight excluding hydrogens is 490 g/mol. The summed E-state index contributed by atoms with van der Waals surface area (Å²) >= 11 is 0. The topological polar surface area (TPSA) is 87.5 Å². The zero-order valence-corrected chi connectivity index (χ0v) is 23.4. The van der Waals surface area contributed by atoms with Crippen LogP contribution in [0.2, 0.25) is 0 Å². The van der Waals surface area contributed by atoms with Crippen molar-refractivity contribution in [2.75, 3.05) is 4.90 Å². The van der Waals surface area contributed by atoms with E-state index in [4.69, 9.17) is 0 Å². The average molecular weight is 532 g/mol. The van der Waals surface area contributed by atoms with E-state index in [1.165, 1.54) is 51.4 Å². The van der Waals surface area contributed by atoms with Gasteiger partial charge in [-0.1, -0.05) is 25.5 Å². The highest BCUT2D eigenvalue weighted by atomic mass is 16.2. The fourth-order valence-corrected chi connectivity index (χ4v) is 9.18. The first-order chi connectivity index (χ1) is 18.7. The minimum Gasteiger partial charge on any atom is -0.323 e. The number of nitrogens with one attached hydrogen (secondary N) is 1. The van der Waals surface area contributed by atoms with Gasteiger partial charge in [0.05, 0.1) is 11.0 Å². The van der Waals surface area contributed by atoms with Crippen LogP contribution in [-0.2, 0) is 4.79 Å². The van der Waals surface area contributed by atoms with E-state index < -0.39 is 17.5 Å². The monoisotopic (exact) mass is 531 g/mol. The molecule has 8 nitrogen and oxygen atoms in total. The SMILES string of the molecule is CC1C[C@@H]2CC(N3[C@H]4CCC[C@H]3CC(n3c(=O)c(N5C(=O)NC(C)(C)C5=O)nc5ccccc53)C4)C[C@@H](C1)C2. The van der Waals surface area contributed by atoms with Crippen molar-refractivity contribution in [3.05, 3.63) is 34.6 Å². The number of benzene rings is 1. The molecule has 2 aliphatic carbocycles. The molecule has 2 saturated carbocycles. The molecule has 1 N–H and O–H groups in total. The minimum atomic E-state index is -1.07. The molecule has 4 bridgehead atoms. The molecule has 3 aliphatic heterocycles. The maximum absolute atomic E-state index is 14.2. The van der Waals surface area contributed by atoms with Crippen LogP contribution in [0, 0.1) is 17.8 Å². The Hall–Kier alpha value is -2.74. The smallest absolute Gasteiger partial charge is 0.323 e. The second-order valence-corrected chi connectivity index (χ2v) is 13.8. The number of piperidine rings is 2. The lowest BCUT2D eigenvalue weighted by molar-refractivity contribution is -0.121. The van der Waals surface area contributed by atoms with Crippen molar-refractivity contribution >= 4 is 28.8 Å². The molecule has 208 valence electrons. The van der Waals surface area contributed by atoms with Crippen LogP contribution in [0.4, 0.5) is 10.6 Å². The van der Waals surface area contributed by atoms with Crippen LogP contribution in [0.3, 0.4) is 0 Å². The zero-order chi connectivity index (χ0) is 27.1. The fraction of sp³-hybridized carbons (Fsp3) is 0.677. The predicted molar refractivity (Wildman–Crippen MR) is 151 cm³/mol. The Kier molecular flexibility index (Phi) is 5.92. The number of hydrogen-bond donors (Lipinski definition) is 1. The Morgan fingerprint density at radius 2 is 1.51 bits per heavy atom. The molecule has 0 radical (unpaired) electrons. The van der Waals surface area contributed by atoms with Gasteiger partial charge in [-0.25, -0.2) is 14.7 Å². The molecule has 1 aromatic heterocycles. The van der Waals surface area contributed by atoms with Crippen molar-refractivity contribution in [1.29, 1.82) is 0 Å². The second kappa shape index (κ2) is 9.15. The Morgan fingerprint density at radius 1 is 0.846 bits per heavy atom. The number of carbonyl (C=O) groups is 2. The number of aromatic nitrogens is 2. The first-order valence-corrected chi connectivity index (χ1v) is 15.1. The summed E-state index contributed by atoms with van der Waals surface area (Å²) in [4.78, 5) is 48.6. The van der Waals surface area contributed by atoms with Crippen LogP contribution in [0.15, 0.2) is 29.1 Å². The number of urea groups is 1. The number of amides is 3.